The number of carbonyl (C=O) groups is 1. The second-order valence-electron chi connectivity index (χ2n) is 3.72. The highest BCUT2D eigenvalue weighted by Crippen LogP contribution is 2.36. The molecule has 1 aromatic carbocycles. The molecular weight excluding hydrogens is 220 g/mol. The van der Waals surface area contributed by atoms with Crippen LogP contribution in [0, 0.1) is 0 Å². The Labute approximate surface area is 97.2 Å². The summed E-state index contributed by atoms with van der Waals surface area (Å²) in [6.07, 6.45) is 1.65. The molecule has 0 saturated carbocycles. The highest BCUT2D eigenvalue weighted by molar-refractivity contribution is 6.05. The molecule has 1 aliphatic heterocycles. The Hall–Kier alpha value is -2.30. The lowest BCUT2D eigenvalue weighted by Gasteiger charge is -2.14. The second-order valence-corrected chi connectivity index (χ2v) is 3.72. The Kier molecular flexibility index (Phi) is 2.11. The molecule has 17 heavy (non-hydrogen) atoms. The van der Waals surface area contributed by atoms with E-state index in [9.17, 15) is 4.79 Å². The summed E-state index contributed by atoms with van der Waals surface area (Å²) in [5, 5.41) is 4.67. The van der Waals surface area contributed by atoms with Crippen LogP contribution in [0.25, 0.3) is 11.0 Å². The van der Waals surface area contributed by atoms with E-state index in [0.717, 1.165) is 5.39 Å². The predicted octanol–water partition coefficient (Wildman–Crippen LogP) is 1.74. The Morgan fingerprint density at radius 1 is 1.53 bits per heavy atom. The zero-order valence-electron chi connectivity index (χ0n) is 9.05. The molecule has 0 aliphatic carbocycles. The van der Waals surface area contributed by atoms with Crippen LogP contribution in [0.3, 0.4) is 0 Å². The number of anilines is 1. The van der Waals surface area contributed by atoms with Crippen molar-refractivity contribution in [2.45, 2.75) is 0 Å². The quantitative estimate of drug-likeness (QED) is 0.737. The highest BCUT2D eigenvalue weighted by atomic mass is 16.5. The maximum atomic E-state index is 11.9. The van der Waals surface area contributed by atoms with Gasteiger partial charge in [-0.1, -0.05) is 17.3 Å². The Morgan fingerprint density at radius 2 is 2.41 bits per heavy atom. The topological polar surface area (TPSA) is 55.6 Å². The molecular formula is C12H10N2O3. The third-order valence-electron chi connectivity index (χ3n) is 2.66. The third kappa shape index (κ3) is 1.39. The molecule has 1 aliphatic rings. The van der Waals surface area contributed by atoms with Gasteiger partial charge >= 0.3 is 0 Å². The van der Waals surface area contributed by atoms with Gasteiger partial charge in [-0.2, -0.15) is 0 Å². The van der Waals surface area contributed by atoms with Crippen molar-refractivity contribution in [1.82, 2.24) is 5.16 Å². The van der Waals surface area contributed by atoms with Crippen LogP contribution in [0.2, 0.25) is 0 Å². The SMILES string of the molecule is C=CCN1C(=O)COc2cccc3onc1c23. The van der Waals surface area contributed by atoms with Crippen LogP contribution < -0.4 is 9.64 Å². The zero-order valence-corrected chi connectivity index (χ0v) is 9.05. The number of aromatic nitrogens is 1. The molecule has 0 fully saturated rings. The molecule has 0 bridgehead atoms. The molecule has 3 rings (SSSR count). The summed E-state index contributed by atoms with van der Waals surface area (Å²) < 4.78 is 10.6. The lowest BCUT2D eigenvalue weighted by atomic mass is 10.2. The molecule has 5 nitrogen and oxygen atoms in total. The van der Waals surface area contributed by atoms with Gasteiger partial charge in [0, 0.05) is 6.54 Å². The molecule has 0 N–H and O–H groups in total. The van der Waals surface area contributed by atoms with Crippen molar-refractivity contribution in [3.05, 3.63) is 30.9 Å². The Bertz CT molecular complexity index is 603. The first-order chi connectivity index (χ1) is 8.31. The lowest BCUT2D eigenvalue weighted by Crippen LogP contribution is -2.34. The molecule has 5 heteroatoms. The largest absolute Gasteiger partial charge is 0.483 e. The number of benzene rings is 1. The summed E-state index contributed by atoms with van der Waals surface area (Å²) in [7, 11) is 0. The van der Waals surface area contributed by atoms with E-state index in [1.165, 1.54) is 4.90 Å². The van der Waals surface area contributed by atoms with Gasteiger partial charge in [-0.05, 0) is 12.1 Å². The van der Waals surface area contributed by atoms with E-state index in [1.54, 1.807) is 24.3 Å². The van der Waals surface area contributed by atoms with Crippen LogP contribution in [-0.4, -0.2) is 24.2 Å². The van der Waals surface area contributed by atoms with Gasteiger partial charge in [0.1, 0.15) is 11.1 Å². The van der Waals surface area contributed by atoms with Gasteiger partial charge < -0.3 is 9.26 Å². The molecule has 0 spiro atoms. The van der Waals surface area contributed by atoms with Crippen molar-refractivity contribution in [3.63, 3.8) is 0 Å². The predicted molar refractivity (Wildman–Crippen MR) is 62.1 cm³/mol. The first kappa shape index (κ1) is 9.89. The molecule has 0 radical (unpaired) electrons. The van der Waals surface area contributed by atoms with E-state index in [-0.39, 0.29) is 12.5 Å². The summed E-state index contributed by atoms with van der Waals surface area (Å²) in [5.74, 6) is 0.966. The number of hydrogen-bond acceptors (Lipinski definition) is 4. The fraction of sp³-hybridized carbons (Fsp3) is 0.167. The van der Waals surface area contributed by atoms with E-state index in [2.05, 4.69) is 11.7 Å². The van der Waals surface area contributed by atoms with E-state index in [0.29, 0.717) is 23.7 Å². The number of nitrogens with zero attached hydrogens (tertiary/aromatic N) is 2. The number of ether oxygens (including phenoxy) is 1. The Balaban J connectivity index is 2.26. The number of rotatable bonds is 2. The van der Waals surface area contributed by atoms with Gasteiger partial charge in [0.05, 0.1) is 0 Å². The van der Waals surface area contributed by atoms with E-state index >= 15 is 0 Å². The van der Waals surface area contributed by atoms with E-state index < -0.39 is 0 Å². The maximum absolute atomic E-state index is 11.9. The minimum atomic E-state index is -0.156. The van der Waals surface area contributed by atoms with Gasteiger partial charge in [-0.25, -0.2) is 0 Å². The van der Waals surface area contributed by atoms with Gasteiger partial charge in [0.25, 0.3) is 5.91 Å². The van der Waals surface area contributed by atoms with Crippen molar-refractivity contribution < 1.29 is 14.1 Å². The minimum Gasteiger partial charge on any atom is -0.483 e. The fourth-order valence-corrected chi connectivity index (χ4v) is 1.90. The average Bonchev–Trinajstić information content (AvgIpc) is 2.71. The van der Waals surface area contributed by atoms with Crippen LogP contribution in [0.4, 0.5) is 5.82 Å². The normalized spacial score (nSPS) is 14.6. The summed E-state index contributed by atoms with van der Waals surface area (Å²) >= 11 is 0. The van der Waals surface area contributed by atoms with Crippen LogP contribution in [0.5, 0.6) is 5.75 Å². The maximum Gasteiger partial charge on any atom is 0.266 e. The van der Waals surface area contributed by atoms with Crippen molar-refractivity contribution in [2.75, 3.05) is 18.1 Å². The lowest BCUT2D eigenvalue weighted by molar-refractivity contribution is -0.120. The van der Waals surface area contributed by atoms with Gasteiger partial charge in [-0.3, -0.25) is 9.69 Å². The molecule has 2 heterocycles. The summed E-state index contributed by atoms with van der Waals surface area (Å²) in [6.45, 7) is 4.02. The van der Waals surface area contributed by atoms with Gasteiger partial charge in [0.2, 0.25) is 0 Å². The van der Waals surface area contributed by atoms with E-state index in [1.807, 2.05) is 0 Å². The monoisotopic (exact) mass is 230 g/mol. The molecule has 86 valence electrons. The standard InChI is InChI=1S/C12H10N2O3/c1-2-6-14-10(15)7-16-8-4-3-5-9-11(8)12(14)13-17-9/h2-5H,1,6-7H2. The van der Waals surface area contributed by atoms with Gasteiger partial charge in [-0.15, -0.1) is 6.58 Å². The highest BCUT2D eigenvalue weighted by Gasteiger charge is 2.27. The molecule has 2 aromatic rings. The third-order valence-corrected chi connectivity index (χ3v) is 2.66. The molecule has 0 saturated heterocycles. The summed E-state index contributed by atoms with van der Waals surface area (Å²) in [4.78, 5) is 13.4. The minimum absolute atomic E-state index is 0.00329. The second kappa shape index (κ2) is 3.62. The Morgan fingerprint density at radius 3 is 3.24 bits per heavy atom. The molecule has 1 amide bonds. The summed E-state index contributed by atoms with van der Waals surface area (Å²) in [5.41, 5.74) is 0.612. The van der Waals surface area contributed by atoms with Gasteiger partial charge in [0.15, 0.2) is 18.0 Å². The smallest absolute Gasteiger partial charge is 0.266 e. The number of carbonyl (C=O) groups excluding carboxylic acids is 1. The van der Waals surface area contributed by atoms with Crippen LogP contribution in [0.1, 0.15) is 0 Å². The first-order valence-corrected chi connectivity index (χ1v) is 5.23. The van der Waals surface area contributed by atoms with Crippen LogP contribution >= 0.6 is 0 Å². The van der Waals surface area contributed by atoms with Crippen LogP contribution in [-0.2, 0) is 4.79 Å². The van der Waals surface area contributed by atoms with Crippen molar-refractivity contribution in [1.29, 1.82) is 0 Å². The molecule has 0 unspecified atom stereocenters. The fourth-order valence-electron chi connectivity index (χ4n) is 1.90. The molecule has 0 atom stereocenters. The summed E-state index contributed by atoms with van der Waals surface area (Å²) in [6, 6.07) is 5.40. The zero-order chi connectivity index (χ0) is 11.8. The molecule has 1 aromatic heterocycles. The van der Waals surface area contributed by atoms with Crippen molar-refractivity contribution >= 4 is 22.7 Å². The van der Waals surface area contributed by atoms with Crippen LogP contribution in [0.15, 0.2) is 35.4 Å². The average molecular weight is 230 g/mol. The number of hydrogen-bond donors (Lipinski definition) is 0. The first-order valence-electron chi connectivity index (χ1n) is 5.23. The van der Waals surface area contributed by atoms with Crippen molar-refractivity contribution in [2.24, 2.45) is 0 Å². The van der Waals surface area contributed by atoms with Crippen molar-refractivity contribution in [3.8, 4) is 5.75 Å². The van der Waals surface area contributed by atoms with E-state index in [4.69, 9.17) is 9.26 Å². The number of amides is 1.